The second-order valence-corrected chi connectivity index (χ2v) is 4.23. The summed E-state index contributed by atoms with van der Waals surface area (Å²) in [6.45, 7) is 0. The molecule has 82 valence electrons. The number of hydrogen-bond acceptors (Lipinski definition) is 3. The first-order chi connectivity index (χ1) is 7.78. The third-order valence-corrected chi connectivity index (χ3v) is 3.00. The molecule has 1 heterocycles. The van der Waals surface area contributed by atoms with Crippen molar-refractivity contribution in [2.75, 3.05) is 7.11 Å². The molecule has 1 saturated carbocycles. The van der Waals surface area contributed by atoms with E-state index in [2.05, 4.69) is 4.98 Å². The van der Waals surface area contributed by atoms with Gasteiger partial charge in [0.15, 0.2) is 0 Å². The van der Waals surface area contributed by atoms with Gasteiger partial charge in [-0.1, -0.05) is 0 Å². The van der Waals surface area contributed by atoms with Gasteiger partial charge in [0, 0.05) is 17.4 Å². The van der Waals surface area contributed by atoms with Crippen LogP contribution in [0, 0.1) is 0 Å². The lowest BCUT2D eigenvalue weighted by Crippen LogP contribution is -1.90. The van der Waals surface area contributed by atoms with Crippen LogP contribution < -0.4 is 4.74 Å². The highest BCUT2D eigenvalue weighted by atomic mass is 16.5. The minimum atomic E-state index is 0.320. The third kappa shape index (κ3) is 1.48. The predicted octanol–water partition coefficient (Wildman–Crippen LogP) is 2.83. The van der Waals surface area contributed by atoms with Crippen LogP contribution in [0.25, 0.3) is 10.9 Å². The minimum absolute atomic E-state index is 0.320. The summed E-state index contributed by atoms with van der Waals surface area (Å²) >= 11 is 0. The Bertz CT molecular complexity index is 547. The molecule has 1 aliphatic rings. The molecule has 0 amide bonds. The molecule has 0 radical (unpaired) electrons. The number of ether oxygens (including phenoxy) is 1. The molecule has 1 aliphatic carbocycles. The van der Waals surface area contributed by atoms with E-state index in [1.54, 1.807) is 13.2 Å². The first-order valence-corrected chi connectivity index (χ1v) is 5.45. The zero-order chi connectivity index (χ0) is 11.1. The molecule has 0 atom stereocenters. The third-order valence-electron chi connectivity index (χ3n) is 3.00. The summed E-state index contributed by atoms with van der Waals surface area (Å²) in [6, 6.07) is 7.48. The number of hydrogen-bond donors (Lipinski definition) is 1. The van der Waals surface area contributed by atoms with E-state index in [0.717, 1.165) is 35.2 Å². The van der Waals surface area contributed by atoms with Gasteiger partial charge in [0.1, 0.15) is 11.5 Å². The van der Waals surface area contributed by atoms with Gasteiger partial charge in [0.05, 0.1) is 18.3 Å². The van der Waals surface area contributed by atoms with Crippen molar-refractivity contribution in [3.8, 4) is 11.5 Å². The number of aromatic nitrogens is 1. The Kier molecular flexibility index (Phi) is 1.99. The molecule has 3 heteroatoms. The maximum Gasteiger partial charge on any atom is 0.138 e. The van der Waals surface area contributed by atoms with Crippen LogP contribution in [0.5, 0.6) is 11.5 Å². The van der Waals surface area contributed by atoms with Crippen molar-refractivity contribution in [1.82, 2.24) is 4.98 Å². The fourth-order valence-electron chi connectivity index (χ4n) is 1.93. The van der Waals surface area contributed by atoms with Gasteiger partial charge in [0.25, 0.3) is 0 Å². The Morgan fingerprint density at radius 2 is 2.12 bits per heavy atom. The van der Waals surface area contributed by atoms with Crippen molar-refractivity contribution >= 4 is 10.9 Å². The van der Waals surface area contributed by atoms with Crippen molar-refractivity contribution in [3.63, 3.8) is 0 Å². The number of methoxy groups -OCH3 is 1. The van der Waals surface area contributed by atoms with Crippen LogP contribution in [0.4, 0.5) is 0 Å². The number of fused-ring (bicyclic) bond motifs is 1. The summed E-state index contributed by atoms with van der Waals surface area (Å²) in [5.41, 5.74) is 1.72. The Morgan fingerprint density at radius 3 is 2.81 bits per heavy atom. The van der Waals surface area contributed by atoms with Crippen molar-refractivity contribution in [3.05, 3.63) is 30.0 Å². The van der Waals surface area contributed by atoms with E-state index in [9.17, 15) is 5.11 Å². The molecule has 0 spiro atoms. The van der Waals surface area contributed by atoms with Crippen molar-refractivity contribution in [2.45, 2.75) is 18.8 Å². The lowest BCUT2D eigenvalue weighted by molar-refractivity contribution is 0.415. The highest BCUT2D eigenvalue weighted by Crippen LogP contribution is 2.43. The number of benzene rings is 1. The largest absolute Gasteiger partial charge is 0.506 e. The average Bonchev–Trinajstić information content (AvgIpc) is 3.11. The minimum Gasteiger partial charge on any atom is -0.506 e. The van der Waals surface area contributed by atoms with Gasteiger partial charge < -0.3 is 9.84 Å². The van der Waals surface area contributed by atoms with Gasteiger partial charge in [-0.05, 0) is 31.0 Å². The quantitative estimate of drug-likeness (QED) is 0.837. The van der Waals surface area contributed by atoms with E-state index < -0.39 is 0 Å². The zero-order valence-electron chi connectivity index (χ0n) is 9.10. The van der Waals surface area contributed by atoms with E-state index in [1.165, 1.54) is 0 Å². The molecule has 1 aromatic heterocycles. The average molecular weight is 215 g/mol. The Balaban J connectivity index is 2.19. The molecule has 1 N–H and O–H groups in total. The van der Waals surface area contributed by atoms with Crippen molar-refractivity contribution in [2.24, 2.45) is 0 Å². The first-order valence-electron chi connectivity index (χ1n) is 5.45. The van der Waals surface area contributed by atoms with Gasteiger partial charge in [0.2, 0.25) is 0 Å². The van der Waals surface area contributed by atoms with Crippen LogP contribution in [0.2, 0.25) is 0 Å². The molecule has 3 nitrogen and oxygen atoms in total. The summed E-state index contributed by atoms with van der Waals surface area (Å²) in [5.74, 6) is 1.57. The molecule has 0 bridgehead atoms. The van der Waals surface area contributed by atoms with Gasteiger partial charge in [-0.3, -0.25) is 0 Å². The molecule has 2 aromatic rings. The molecule has 1 aromatic carbocycles. The smallest absolute Gasteiger partial charge is 0.138 e. The topological polar surface area (TPSA) is 42.4 Å². The first kappa shape index (κ1) is 9.46. The number of aromatic hydroxyl groups is 1. The number of rotatable bonds is 2. The lowest BCUT2D eigenvalue weighted by Gasteiger charge is -2.06. The van der Waals surface area contributed by atoms with Gasteiger partial charge in [-0.15, -0.1) is 0 Å². The summed E-state index contributed by atoms with van der Waals surface area (Å²) < 4.78 is 5.17. The number of nitrogens with zero attached hydrogens (tertiary/aromatic N) is 1. The van der Waals surface area contributed by atoms with Crippen LogP contribution in [0.15, 0.2) is 24.3 Å². The fourth-order valence-corrected chi connectivity index (χ4v) is 1.93. The van der Waals surface area contributed by atoms with Gasteiger partial charge in [-0.25, -0.2) is 4.98 Å². The van der Waals surface area contributed by atoms with Crippen molar-refractivity contribution in [1.29, 1.82) is 0 Å². The Morgan fingerprint density at radius 1 is 1.31 bits per heavy atom. The second-order valence-electron chi connectivity index (χ2n) is 4.23. The summed E-state index contributed by atoms with van der Waals surface area (Å²) in [4.78, 5) is 4.52. The zero-order valence-corrected chi connectivity index (χ0v) is 9.10. The summed E-state index contributed by atoms with van der Waals surface area (Å²) in [6.07, 6.45) is 2.27. The monoisotopic (exact) mass is 215 g/mol. The second kappa shape index (κ2) is 3.37. The van der Waals surface area contributed by atoms with Crippen LogP contribution in [0.3, 0.4) is 0 Å². The summed E-state index contributed by atoms with van der Waals surface area (Å²) in [5, 5.41) is 10.8. The normalized spacial score (nSPS) is 15.3. The standard InChI is InChI=1S/C13H13NO2/c1-16-10-5-4-9-6-12(15)13(8-2-3-8)14-11(9)7-10/h4-8,15H,2-3H2,1H3. The fraction of sp³-hybridized carbons (Fsp3) is 0.308. The van der Waals surface area contributed by atoms with Crippen LogP contribution in [-0.2, 0) is 0 Å². The molecule has 1 fully saturated rings. The molecule has 16 heavy (non-hydrogen) atoms. The Hall–Kier alpha value is -1.77. The molecule has 0 unspecified atom stereocenters. The molecular weight excluding hydrogens is 202 g/mol. The van der Waals surface area contributed by atoms with Crippen LogP contribution in [-0.4, -0.2) is 17.2 Å². The summed E-state index contributed by atoms with van der Waals surface area (Å²) in [7, 11) is 1.64. The van der Waals surface area contributed by atoms with Crippen molar-refractivity contribution < 1.29 is 9.84 Å². The van der Waals surface area contributed by atoms with Crippen LogP contribution in [0.1, 0.15) is 24.5 Å². The lowest BCUT2D eigenvalue weighted by atomic mass is 10.1. The highest BCUT2D eigenvalue weighted by molar-refractivity contribution is 5.82. The van der Waals surface area contributed by atoms with E-state index in [1.807, 2.05) is 18.2 Å². The number of pyridine rings is 1. The molecular formula is C13H13NO2. The van der Waals surface area contributed by atoms with Gasteiger partial charge in [-0.2, -0.15) is 0 Å². The van der Waals surface area contributed by atoms with E-state index in [0.29, 0.717) is 11.7 Å². The maximum absolute atomic E-state index is 9.85. The predicted molar refractivity (Wildman–Crippen MR) is 61.9 cm³/mol. The van der Waals surface area contributed by atoms with E-state index in [4.69, 9.17) is 4.74 Å². The molecule has 3 rings (SSSR count). The molecule has 0 aliphatic heterocycles. The SMILES string of the molecule is COc1ccc2cc(O)c(C3CC3)nc2c1. The Labute approximate surface area is 93.7 Å². The maximum atomic E-state index is 9.85. The van der Waals surface area contributed by atoms with E-state index in [-0.39, 0.29) is 0 Å². The van der Waals surface area contributed by atoms with Gasteiger partial charge >= 0.3 is 0 Å². The van der Waals surface area contributed by atoms with Crippen LogP contribution >= 0.6 is 0 Å². The van der Waals surface area contributed by atoms with E-state index >= 15 is 0 Å². The highest BCUT2D eigenvalue weighted by Gasteiger charge is 2.28. The molecule has 0 saturated heterocycles.